The minimum absolute atomic E-state index is 0.135. The van der Waals surface area contributed by atoms with E-state index in [9.17, 15) is 9.59 Å². The van der Waals surface area contributed by atoms with E-state index in [4.69, 9.17) is 4.74 Å². The van der Waals surface area contributed by atoms with Crippen molar-refractivity contribution in [1.29, 1.82) is 0 Å². The number of carbonyl (C=O) groups excluding carboxylic acids is 2. The van der Waals surface area contributed by atoms with Crippen LogP contribution in [0.4, 0.5) is 11.4 Å². The van der Waals surface area contributed by atoms with Crippen molar-refractivity contribution in [2.45, 2.75) is 20.3 Å². The van der Waals surface area contributed by atoms with Gasteiger partial charge in [0.2, 0.25) is 5.91 Å². The number of methoxy groups -OCH3 is 1. The van der Waals surface area contributed by atoms with E-state index in [0.717, 1.165) is 27.7 Å². The summed E-state index contributed by atoms with van der Waals surface area (Å²) in [5.74, 6) is 0.0157. The van der Waals surface area contributed by atoms with Crippen LogP contribution in [0.5, 0.6) is 5.75 Å². The fourth-order valence-electron chi connectivity index (χ4n) is 3.65. The highest BCUT2D eigenvalue weighted by atomic mass is 16.5. The highest BCUT2D eigenvalue weighted by Crippen LogP contribution is 2.29. The van der Waals surface area contributed by atoms with Crippen molar-refractivity contribution in [2.75, 3.05) is 17.7 Å². The summed E-state index contributed by atoms with van der Waals surface area (Å²) in [6.45, 7) is 4.01. The van der Waals surface area contributed by atoms with Gasteiger partial charge in [-0.2, -0.15) is 0 Å². The summed E-state index contributed by atoms with van der Waals surface area (Å²) >= 11 is 0. The second kappa shape index (κ2) is 8.93. The Kier molecular flexibility index (Phi) is 5.89. The lowest BCUT2D eigenvalue weighted by Crippen LogP contribution is -2.16. The Morgan fingerprint density at radius 2 is 1.91 bits per heavy atom. The number of aromatic nitrogens is 2. The van der Waals surface area contributed by atoms with Crippen LogP contribution in [0.3, 0.4) is 0 Å². The van der Waals surface area contributed by atoms with E-state index >= 15 is 0 Å². The zero-order valence-electron chi connectivity index (χ0n) is 18.2. The predicted octanol–water partition coefficient (Wildman–Crippen LogP) is 4.62. The summed E-state index contributed by atoms with van der Waals surface area (Å²) in [5, 5.41) is 6.78. The van der Waals surface area contributed by atoms with Gasteiger partial charge in [0.1, 0.15) is 5.75 Å². The summed E-state index contributed by atoms with van der Waals surface area (Å²) in [6.07, 6.45) is 3.34. The van der Waals surface area contributed by atoms with Crippen molar-refractivity contribution in [2.24, 2.45) is 0 Å². The Morgan fingerprint density at radius 1 is 1.06 bits per heavy atom. The van der Waals surface area contributed by atoms with Gasteiger partial charge in [0.05, 0.1) is 24.8 Å². The van der Waals surface area contributed by atoms with Crippen LogP contribution in [0, 0.1) is 13.8 Å². The monoisotopic (exact) mass is 428 g/mol. The number of anilines is 2. The van der Waals surface area contributed by atoms with Gasteiger partial charge in [0.15, 0.2) is 0 Å². The zero-order chi connectivity index (χ0) is 22.7. The van der Waals surface area contributed by atoms with Gasteiger partial charge in [-0.3, -0.25) is 14.6 Å². The van der Waals surface area contributed by atoms with Crippen LogP contribution in [0.2, 0.25) is 0 Å². The number of fused-ring (bicyclic) bond motifs is 1. The fourth-order valence-corrected chi connectivity index (χ4v) is 3.65. The van der Waals surface area contributed by atoms with Crippen LogP contribution < -0.4 is 15.4 Å². The second-order valence-corrected chi connectivity index (χ2v) is 7.61. The molecule has 0 radical (unpaired) electrons. The predicted molar refractivity (Wildman–Crippen MR) is 125 cm³/mol. The molecule has 0 fully saturated rings. The number of ether oxygens (including phenoxy) is 1. The molecule has 2 heterocycles. The number of nitrogens with one attached hydrogen (secondary N) is 3. The average Bonchev–Trinajstić information content (AvgIpc) is 3.09. The van der Waals surface area contributed by atoms with Crippen LogP contribution in [0.1, 0.15) is 27.2 Å². The summed E-state index contributed by atoms with van der Waals surface area (Å²) < 4.78 is 5.41. The first-order valence-electron chi connectivity index (χ1n) is 10.2. The molecule has 2 aromatic heterocycles. The second-order valence-electron chi connectivity index (χ2n) is 7.61. The highest BCUT2D eigenvalue weighted by molar-refractivity contribution is 6.05. The molecule has 0 aliphatic heterocycles. The third kappa shape index (κ3) is 4.46. The molecule has 32 heavy (non-hydrogen) atoms. The van der Waals surface area contributed by atoms with E-state index in [1.165, 1.54) is 13.3 Å². The van der Waals surface area contributed by atoms with Crippen molar-refractivity contribution in [3.8, 4) is 5.75 Å². The molecule has 7 nitrogen and oxygen atoms in total. The van der Waals surface area contributed by atoms with E-state index in [1.807, 2.05) is 26.0 Å². The number of hydrogen-bond donors (Lipinski definition) is 3. The van der Waals surface area contributed by atoms with Gasteiger partial charge in [-0.25, -0.2) is 0 Å². The van der Waals surface area contributed by atoms with Gasteiger partial charge < -0.3 is 20.4 Å². The van der Waals surface area contributed by atoms with Crippen LogP contribution >= 0.6 is 0 Å². The molecule has 0 bridgehead atoms. The number of hydrogen-bond acceptors (Lipinski definition) is 4. The molecule has 0 saturated carbocycles. The average molecular weight is 428 g/mol. The molecule has 0 atom stereocenters. The van der Waals surface area contributed by atoms with Crippen LogP contribution in [0.25, 0.3) is 10.9 Å². The Hall–Kier alpha value is -4.13. The molecule has 0 unspecified atom stereocenters. The SMILES string of the molecule is COc1cc(NC(=O)Cc2c(C)[nH]c3ccc(C)cc23)ccc1NC(=O)c1cccnc1. The maximum Gasteiger partial charge on any atom is 0.257 e. The molecular formula is C25H24N4O3. The van der Waals surface area contributed by atoms with Gasteiger partial charge in [-0.05, 0) is 55.8 Å². The van der Waals surface area contributed by atoms with Gasteiger partial charge in [-0.15, -0.1) is 0 Å². The van der Waals surface area contributed by atoms with E-state index in [1.54, 1.807) is 36.5 Å². The van der Waals surface area contributed by atoms with Crippen molar-refractivity contribution in [1.82, 2.24) is 9.97 Å². The number of amides is 2. The van der Waals surface area contributed by atoms with Gasteiger partial charge in [0.25, 0.3) is 5.91 Å². The minimum atomic E-state index is -0.293. The summed E-state index contributed by atoms with van der Waals surface area (Å²) in [7, 11) is 1.51. The number of aromatic amines is 1. The zero-order valence-corrected chi connectivity index (χ0v) is 18.2. The van der Waals surface area contributed by atoms with Crippen LogP contribution in [-0.2, 0) is 11.2 Å². The molecule has 0 saturated heterocycles. The molecule has 4 aromatic rings. The molecule has 0 aliphatic carbocycles. The number of pyridine rings is 1. The molecule has 0 spiro atoms. The lowest BCUT2D eigenvalue weighted by molar-refractivity contribution is -0.115. The number of H-pyrrole nitrogens is 1. The lowest BCUT2D eigenvalue weighted by atomic mass is 10.1. The third-order valence-electron chi connectivity index (χ3n) is 5.27. The molecule has 2 amide bonds. The summed E-state index contributed by atoms with van der Waals surface area (Å²) in [5.41, 5.74) is 5.65. The summed E-state index contributed by atoms with van der Waals surface area (Å²) in [6, 6.07) is 14.6. The van der Waals surface area contributed by atoms with Crippen LogP contribution in [0.15, 0.2) is 60.9 Å². The highest BCUT2D eigenvalue weighted by Gasteiger charge is 2.15. The number of aryl methyl sites for hydroxylation is 2. The number of nitrogens with zero attached hydrogens (tertiary/aromatic N) is 1. The summed E-state index contributed by atoms with van der Waals surface area (Å²) in [4.78, 5) is 32.5. The normalized spacial score (nSPS) is 10.7. The van der Waals surface area contributed by atoms with Gasteiger partial charge in [-0.1, -0.05) is 11.6 Å². The first kappa shape index (κ1) is 21.1. The Labute approximate surface area is 185 Å². The Balaban J connectivity index is 1.49. The standard InChI is InChI=1S/C25H24N4O3/c1-15-6-8-21-20(11-15)19(16(2)27-21)13-24(30)28-18-7-9-22(23(12-18)32-3)29-25(31)17-5-4-10-26-14-17/h4-12,14,27H,13H2,1-3H3,(H,28,30)(H,29,31). The molecule has 3 N–H and O–H groups in total. The minimum Gasteiger partial charge on any atom is -0.494 e. The quantitative estimate of drug-likeness (QED) is 0.417. The van der Waals surface area contributed by atoms with Crippen molar-refractivity contribution >= 4 is 34.1 Å². The smallest absolute Gasteiger partial charge is 0.257 e. The van der Waals surface area contributed by atoms with Gasteiger partial charge >= 0.3 is 0 Å². The maximum absolute atomic E-state index is 12.8. The van der Waals surface area contributed by atoms with E-state index in [2.05, 4.69) is 26.7 Å². The van der Waals surface area contributed by atoms with Crippen molar-refractivity contribution < 1.29 is 14.3 Å². The van der Waals surface area contributed by atoms with Crippen molar-refractivity contribution in [3.05, 3.63) is 83.3 Å². The van der Waals surface area contributed by atoms with E-state index in [0.29, 0.717) is 22.7 Å². The fraction of sp³-hybridized carbons (Fsp3) is 0.160. The first-order chi connectivity index (χ1) is 15.4. The van der Waals surface area contributed by atoms with E-state index < -0.39 is 0 Å². The molecule has 2 aromatic carbocycles. The lowest BCUT2D eigenvalue weighted by Gasteiger charge is -2.13. The van der Waals surface area contributed by atoms with Crippen LogP contribution in [-0.4, -0.2) is 28.9 Å². The van der Waals surface area contributed by atoms with Gasteiger partial charge in [0, 0.05) is 40.7 Å². The number of rotatable bonds is 6. The molecule has 0 aliphatic rings. The Morgan fingerprint density at radius 3 is 2.66 bits per heavy atom. The molecule has 162 valence electrons. The first-order valence-corrected chi connectivity index (χ1v) is 10.2. The largest absolute Gasteiger partial charge is 0.494 e. The maximum atomic E-state index is 12.8. The van der Waals surface area contributed by atoms with Crippen molar-refractivity contribution in [3.63, 3.8) is 0 Å². The third-order valence-corrected chi connectivity index (χ3v) is 5.27. The van der Waals surface area contributed by atoms with E-state index in [-0.39, 0.29) is 18.2 Å². The number of benzene rings is 2. The topological polar surface area (TPSA) is 96.1 Å². The molecule has 7 heteroatoms. The molecule has 4 rings (SSSR count). The Bertz CT molecular complexity index is 1300. The number of carbonyl (C=O) groups is 2. The molecular weight excluding hydrogens is 404 g/mol.